The molecular weight excluding hydrogens is 793 g/mol. The van der Waals surface area contributed by atoms with Gasteiger partial charge in [-0.25, -0.2) is 0 Å². The lowest BCUT2D eigenvalue weighted by molar-refractivity contribution is 0.661. The van der Waals surface area contributed by atoms with Gasteiger partial charge in [0.05, 0.1) is 5.41 Å². The predicted molar refractivity (Wildman–Crippen MR) is 278 cm³/mol. The van der Waals surface area contributed by atoms with Crippen molar-refractivity contribution in [3.8, 4) is 66.8 Å². The third-order valence-corrected chi connectivity index (χ3v) is 14.9. The molecule has 0 aliphatic heterocycles. The van der Waals surface area contributed by atoms with E-state index in [1.54, 1.807) is 0 Å². The highest BCUT2D eigenvalue weighted by Crippen LogP contribution is 2.58. The molecule has 0 nitrogen and oxygen atoms in total. The van der Waals surface area contributed by atoms with Crippen molar-refractivity contribution >= 4 is 21.5 Å². The lowest BCUT2D eigenvalue weighted by atomic mass is 9.67. The molecule has 0 saturated carbocycles. The summed E-state index contributed by atoms with van der Waals surface area (Å²) in [5.41, 5.74) is 22.4. The molecule has 0 bridgehead atoms. The Labute approximate surface area is 387 Å². The van der Waals surface area contributed by atoms with Gasteiger partial charge in [0.1, 0.15) is 0 Å². The van der Waals surface area contributed by atoms with Crippen molar-refractivity contribution < 1.29 is 0 Å². The average molecular weight is 839 g/mol. The Bertz CT molecular complexity index is 3650. The molecule has 0 fully saturated rings. The van der Waals surface area contributed by atoms with E-state index in [1.807, 2.05) is 0 Å². The predicted octanol–water partition coefficient (Wildman–Crippen LogP) is 17.3. The van der Waals surface area contributed by atoms with Gasteiger partial charge in [-0.15, -0.1) is 0 Å². The van der Waals surface area contributed by atoms with Gasteiger partial charge in [-0.1, -0.05) is 232 Å². The van der Waals surface area contributed by atoms with Crippen LogP contribution < -0.4 is 0 Å². The van der Waals surface area contributed by atoms with Crippen LogP contribution in [-0.2, 0) is 10.8 Å². The van der Waals surface area contributed by atoms with E-state index in [2.05, 4.69) is 257 Å². The molecule has 11 aromatic carbocycles. The van der Waals surface area contributed by atoms with Crippen molar-refractivity contribution in [2.45, 2.75) is 24.7 Å². The maximum atomic E-state index is 2.53. The molecule has 0 atom stereocenters. The lowest BCUT2D eigenvalue weighted by Crippen LogP contribution is -2.28. The van der Waals surface area contributed by atoms with Crippen molar-refractivity contribution in [2.75, 3.05) is 0 Å². The smallest absolute Gasteiger partial charge is 0.0622 e. The van der Waals surface area contributed by atoms with Gasteiger partial charge in [0, 0.05) is 5.41 Å². The van der Waals surface area contributed by atoms with Gasteiger partial charge in [0.15, 0.2) is 0 Å². The molecule has 13 rings (SSSR count). The van der Waals surface area contributed by atoms with E-state index >= 15 is 0 Å². The molecule has 2 aliphatic rings. The van der Waals surface area contributed by atoms with Crippen molar-refractivity contribution in [3.05, 3.63) is 276 Å². The van der Waals surface area contributed by atoms with E-state index in [-0.39, 0.29) is 5.41 Å². The summed E-state index contributed by atoms with van der Waals surface area (Å²) in [6, 6.07) is 90.9. The maximum Gasteiger partial charge on any atom is 0.0713 e. The first kappa shape index (κ1) is 38.4. The second-order valence-corrected chi connectivity index (χ2v) is 18.7. The Morgan fingerprint density at radius 1 is 0.242 bits per heavy atom. The van der Waals surface area contributed by atoms with E-state index in [0.717, 1.165) is 0 Å². The highest BCUT2D eigenvalue weighted by molar-refractivity contribution is 6.22. The van der Waals surface area contributed by atoms with Crippen LogP contribution in [0.1, 0.15) is 47.2 Å². The molecule has 2 aliphatic carbocycles. The van der Waals surface area contributed by atoms with Gasteiger partial charge in [0.25, 0.3) is 0 Å². The number of rotatable bonds is 6. The highest BCUT2D eigenvalue weighted by atomic mass is 14.5. The monoisotopic (exact) mass is 838 g/mol. The summed E-state index contributed by atoms with van der Waals surface area (Å²) in [4.78, 5) is 0. The van der Waals surface area contributed by atoms with E-state index in [1.165, 1.54) is 122 Å². The first-order valence-electron chi connectivity index (χ1n) is 23.2. The molecule has 310 valence electrons. The molecule has 0 N–H and O–H groups in total. The van der Waals surface area contributed by atoms with Crippen LogP contribution in [0.5, 0.6) is 0 Å². The molecule has 0 amide bonds. The topological polar surface area (TPSA) is 0 Å². The Kier molecular flexibility index (Phi) is 8.58. The summed E-state index contributed by atoms with van der Waals surface area (Å²) < 4.78 is 0. The van der Waals surface area contributed by atoms with Crippen LogP contribution in [0, 0.1) is 0 Å². The summed E-state index contributed by atoms with van der Waals surface area (Å²) in [5, 5.41) is 5.01. The molecule has 0 aromatic heterocycles. The minimum absolute atomic E-state index is 0.182. The fourth-order valence-electron chi connectivity index (χ4n) is 11.9. The Morgan fingerprint density at radius 3 is 1.20 bits per heavy atom. The molecule has 0 heterocycles. The maximum absolute atomic E-state index is 2.53. The summed E-state index contributed by atoms with van der Waals surface area (Å²) >= 11 is 0. The van der Waals surface area contributed by atoms with E-state index in [9.17, 15) is 0 Å². The largest absolute Gasteiger partial charge is 0.0713 e. The Balaban J connectivity index is 1.07. The second-order valence-electron chi connectivity index (χ2n) is 18.7. The highest BCUT2D eigenvalue weighted by Gasteiger charge is 2.46. The molecule has 0 spiro atoms. The van der Waals surface area contributed by atoms with Crippen LogP contribution in [0.2, 0.25) is 0 Å². The summed E-state index contributed by atoms with van der Waals surface area (Å²) in [5.74, 6) is 0. The van der Waals surface area contributed by atoms with E-state index in [4.69, 9.17) is 0 Å². The minimum atomic E-state index is -0.493. The zero-order valence-corrected chi connectivity index (χ0v) is 37.1. The number of hydrogen-bond donors (Lipinski definition) is 0. The second kappa shape index (κ2) is 14.7. The normalized spacial score (nSPS) is 13.8. The quantitative estimate of drug-likeness (QED) is 0.146. The third-order valence-electron chi connectivity index (χ3n) is 14.9. The van der Waals surface area contributed by atoms with Crippen molar-refractivity contribution in [1.82, 2.24) is 0 Å². The van der Waals surface area contributed by atoms with Crippen LogP contribution in [0.25, 0.3) is 88.3 Å². The first-order chi connectivity index (χ1) is 32.5. The summed E-state index contributed by atoms with van der Waals surface area (Å²) in [6.07, 6.45) is 0. The van der Waals surface area contributed by atoms with Crippen LogP contribution in [0.15, 0.2) is 243 Å². The summed E-state index contributed by atoms with van der Waals surface area (Å²) in [7, 11) is 0. The van der Waals surface area contributed by atoms with Crippen LogP contribution in [0.4, 0.5) is 0 Å². The number of hydrogen-bond acceptors (Lipinski definition) is 0. The molecule has 0 unspecified atom stereocenters. The van der Waals surface area contributed by atoms with E-state index < -0.39 is 5.41 Å². The minimum Gasteiger partial charge on any atom is -0.0622 e. The molecule has 0 saturated heterocycles. The molecule has 11 aromatic rings. The zero-order valence-electron chi connectivity index (χ0n) is 37.1. The Hall–Kier alpha value is -8.06. The van der Waals surface area contributed by atoms with Gasteiger partial charge in [0.2, 0.25) is 0 Å². The van der Waals surface area contributed by atoms with Gasteiger partial charge >= 0.3 is 0 Å². The van der Waals surface area contributed by atoms with Crippen LogP contribution >= 0.6 is 0 Å². The summed E-state index contributed by atoms with van der Waals surface area (Å²) in [6.45, 7) is 4.81. The van der Waals surface area contributed by atoms with Crippen LogP contribution in [-0.4, -0.2) is 0 Å². The van der Waals surface area contributed by atoms with Gasteiger partial charge in [-0.3, -0.25) is 0 Å². The van der Waals surface area contributed by atoms with Crippen molar-refractivity contribution in [1.29, 1.82) is 0 Å². The van der Waals surface area contributed by atoms with E-state index in [0.29, 0.717) is 0 Å². The molecular formula is C66H46. The van der Waals surface area contributed by atoms with Crippen LogP contribution in [0.3, 0.4) is 0 Å². The fraction of sp³-hybridized carbons (Fsp3) is 0.0606. The SMILES string of the molecule is CC1(C)c2cc(-c3ccccc3)ccc2-c2ccc(-c3c4ccccc4c(-c4ccc5c(c4)C(c4ccccc4)(c4ccccc4)c4ccccc4-5)c4ccc(-c5ccccc5)cc34)cc21. The van der Waals surface area contributed by atoms with Crippen molar-refractivity contribution in [3.63, 3.8) is 0 Å². The van der Waals surface area contributed by atoms with Gasteiger partial charge < -0.3 is 0 Å². The molecule has 66 heavy (non-hydrogen) atoms. The number of benzene rings is 11. The molecule has 0 radical (unpaired) electrons. The Morgan fingerprint density at radius 2 is 0.621 bits per heavy atom. The standard InChI is InChI=1S/C66H46/c1-65(2)60-40-46(44-21-9-4-10-22-44)31-35-52(60)53-36-33-47(41-61(53)65)64-56-29-16-15-28-55(56)63(57-38-32-45(39-58(57)64)43-19-7-3-8-20-43)48-34-37-54-51-27-17-18-30-59(51)66(62(54)42-48,49-23-11-5-12-24-49)50-25-13-6-14-26-50/h3-42H,1-2H3. The fourth-order valence-corrected chi connectivity index (χ4v) is 11.9. The van der Waals surface area contributed by atoms with Crippen molar-refractivity contribution in [2.24, 2.45) is 0 Å². The number of fused-ring (bicyclic) bond motifs is 8. The first-order valence-corrected chi connectivity index (χ1v) is 23.2. The lowest BCUT2D eigenvalue weighted by Gasteiger charge is -2.34. The molecule has 0 heteroatoms. The third kappa shape index (κ3) is 5.58. The van der Waals surface area contributed by atoms with Gasteiger partial charge in [-0.05, 0) is 146 Å². The van der Waals surface area contributed by atoms with Gasteiger partial charge in [-0.2, -0.15) is 0 Å². The zero-order chi connectivity index (χ0) is 44.0. The average Bonchev–Trinajstić information content (AvgIpc) is 3.80.